The van der Waals surface area contributed by atoms with Gasteiger partial charge in [-0.3, -0.25) is 11.3 Å². The van der Waals surface area contributed by atoms with E-state index in [1.807, 2.05) is 31.2 Å². The molecule has 1 aromatic carbocycles. The largest absolute Gasteiger partial charge is 0.497 e. The zero-order valence-corrected chi connectivity index (χ0v) is 11.7. The van der Waals surface area contributed by atoms with E-state index in [0.29, 0.717) is 6.61 Å². The molecule has 18 heavy (non-hydrogen) atoms. The minimum Gasteiger partial charge on any atom is -0.497 e. The number of methoxy groups -OCH3 is 1. The molecule has 0 heterocycles. The second-order valence-electron chi connectivity index (χ2n) is 4.48. The van der Waals surface area contributed by atoms with E-state index in [9.17, 15) is 0 Å². The zero-order chi connectivity index (χ0) is 13.6. The lowest BCUT2D eigenvalue weighted by atomic mass is 9.88. The Bertz CT molecular complexity index is 371. The summed E-state index contributed by atoms with van der Waals surface area (Å²) in [7, 11) is 1.66. The van der Waals surface area contributed by atoms with Gasteiger partial charge in [0.05, 0.1) is 18.8 Å². The number of ether oxygens (including phenoxy) is 2. The van der Waals surface area contributed by atoms with Crippen LogP contribution < -0.4 is 16.0 Å². The van der Waals surface area contributed by atoms with Gasteiger partial charge in [-0.2, -0.15) is 0 Å². The topological polar surface area (TPSA) is 56.5 Å². The molecule has 0 spiro atoms. The molecule has 0 radical (unpaired) electrons. The van der Waals surface area contributed by atoms with Gasteiger partial charge >= 0.3 is 0 Å². The summed E-state index contributed by atoms with van der Waals surface area (Å²) >= 11 is 0. The third-order valence-electron chi connectivity index (χ3n) is 3.38. The van der Waals surface area contributed by atoms with Gasteiger partial charge in [-0.05, 0) is 38.0 Å². The van der Waals surface area contributed by atoms with E-state index < -0.39 is 0 Å². The molecule has 102 valence electrons. The van der Waals surface area contributed by atoms with E-state index in [1.54, 1.807) is 7.11 Å². The Kier molecular flexibility index (Phi) is 5.59. The molecule has 0 aliphatic rings. The van der Waals surface area contributed by atoms with Crippen molar-refractivity contribution in [3.63, 3.8) is 0 Å². The SMILES string of the molecule is CCOC(C)(CC)C(NN)c1cccc(OC)c1. The smallest absolute Gasteiger partial charge is 0.119 e. The molecule has 2 atom stereocenters. The third-order valence-corrected chi connectivity index (χ3v) is 3.38. The van der Waals surface area contributed by atoms with Gasteiger partial charge in [-0.15, -0.1) is 0 Å². The number of nitrogens with one attached hydrogen (secondary N) is 1. The molecular formula is C14H24N2O2. The van der Waals surface area contributed by atoms with Gasteiger partial charge in [0.2, 0.25) is 0 Å². The second-order valence-corrected chi connectivity index (χ2v) is 4.48. The van der Waals surface area contributed by atoms with E-state index >= 15 is 0 Å². The van der Waals surface area contributed by atoms with Gasteiger partial charge in [0.1, 0.15) is 5.75 Å². The average Bonchev–Trinajstić information content (AvgIpc) is 2.40. The molecule has 4 heteroatoms. The highest BCUT2D eigenvalue weighted by atomic mass is 16.5. The van der Waals surface area contributed by atoms with Gasteiger partial charge in [0, 0.05) is 6.61 Å². The lowest BCUT2D eigenvalue weighted by Crippen LogP contribution is -2.46. The lowest BCUT2D eigenvalue weighted by molar-refractivity contribution is -0.0564. The zero-order valence-electron chi connectivity index (χ0n) is 11.7. The minimum atomic E-state index is -0.337. The quantitative estimate of drug-likeness (QED) is 0.578. The molecule has 0 saturated carbocycles. The maximum absolute atomic E-state index is 5.88. The molecule has 0 bridgehead atoms. The van der Waals surface area contributed by atoms with Gasteiger partial charge < -0.3 is 9.47 Å². The number of hydrogen-bond donors (Lipinski definition) is 2. The van der Waals surface area contributed by atoms with Crippen molar-refractivity contribution in [3.05, 3.63) is 29.8 Å². The van der Waals surface area contributed by atoms with E-state index in [2.05, 4.69) is 19.3 Å². The Balaban J connectivity index is 3.06. The maximum Gasteiger partial charge on any atom is 0.119 e. The summed E-state index contributed by atoms with van der Waals surface area (Å²) < 4.78 is 11.1. The van der Waals surface area contributed by atoms with Crippen LogP contribution >= 0.6 is 0 Å². The highest BCUT2D eigenvalue weighted by Gasteiger charge is 2.34. The highest BCUT2D eigenvalue weighted by Crippen LogP contribution is 2.32. The standard InChI is InChI=1S/C14H24N2O2/c1-5-14(3,18-6-2)13(16-15)11-8-7-9-12(10-11)17-4/h7-10,13,16H,5-6,15H2,1-4H3. The first-order chi connectivity index (χ1) is 8.61. The Labute approximate surface area is 109 Å². The second kappa shape index (κ2) is 6.73. The molecule has 0 amide bonds. The van der Waals surface area contributed by atoms with Crippen molar-refractivity contribution in [1.82, 2.24) is 5.43 Å². The van der Waals surface area contributed by atoms with Gasteiger partial charge in [-0.1, -0.05) is 19.1 Å². The van der Waals surface area contributed by atoms with Crippen molar-refractivity contribution in [2.45, 2.75) is 38.8 Å². The summed E-state index contributed by atoms with van der Waals surface area (Å²) in [6.07, 6.45) is 0.868. The van der Waals surface area contributed by atoms with Crippen LogP contribution in [0.15, 0.2) is 24.3 Å². The van der Waals surface area contributed by atoms with Crippen molar-refractivity contribution < 1.29 is 9.47 Å². The molecule has 0 fully saturated rings. The van der Waals surface area contributed by atoms with Gasteiger partial charge in [-0.25, -0.2) is 0 Å². The third kappa shape index (κ3) is 3.22. The van der Waals surface area contributed by atoms with Crippen LogP contribution in [0.2, 0.25) is 0 Å². The van der Waals surface area contributed by atoms with Crippen LogP contribution in [-0.4, -0.2) is 19.3 Å². The van der Waals surface area contributed by atoms with Crippen LogP contribution in [0.4, 0.5) is 0 Å². The maximum atomic E-state index is 5.88. The van der Waals surface area contributed by atoms with E-state index in [1.165, 1.54) is 0 Å². The predicted octanol–water partition coefficient (Wildman–Crippen LogP) is 2.40. The van der Waals surface area contributed by atoms with Gasteiger partial charge in [0.15, 0.2) is 0 Å². The summed E-state index contributed by atoms with van der Waals surface area (Å²) in [5.41, 5.74) is 3.59. The molecule has 0 aromatic heterocycles. The first-order valence-electron chi connectivity index (χ1n) is 6.35. The van der Waals surface area contributed by atoms with Crippen LogP contribution in [-0.2, 0) is 4.74 Å². The summed E-state index contributed by atoms with van der Waals surface area (Å²) in [4.78, 5) is 0. The number of rotatable bonds is 7. The molecule has 0 saturated heterocycles. The Hall–Kier alpha value is -1.10. The molecule has 4 nitrogen and oxygen atoms in total. The fraction of sp³-hybridized carbons (Fsp3) is 0.571. The first-order valence-corrected chi connectivity index (χ1v) is 6.35. The Morgan fingerprint density at radius 1 is 1.39 bits per heavy atom. The van der Waals surface area contributed by atoms with Crippen LogP contribution in [0.1, 0.15) is 38.8 Å². The molecular weight excluding hydrogens is 228 g/mol. The Morgan fingerprint density at radius 2 is 2.11 bits per heavy atom. The van der Waals surface area contributed by atoms with Crippen molar-refractivity contribution in [2.75, 3.05) is 13.7 Å². The van der Waals surface area contributed by atoms with E-state index in [4.69, 9.17) is 15.3 Å². The average molecular weight is 252 g/mol. The van der Waals surface area contributed by atoms with Crippen molar-refractivity contribution >= 4 is 0 Å². The predicted molar refractivity (Wildman–Crippen MR) is 73.4 cm³/mol. The monoisotopic (exact) mass is 252 g/mol. The number of benzene rings is 1. The summed E-state index contributed by atoms with van der Waals surface area (Å²) in [6.45, 7) is 6.82. The number of hydrogen-bond acceptors (Lipinski definition) is 4. The van der Waals surface area contributed by atoms with Crippen molar-refractivity contribution in [3.8, 4) is 5.75 Å². The van der Waals surface area contributed by atoms with Crippen molar-refractivity contribution in [2.24, 2.45) is 5.84 Å². The summed E-state index contributed by atoms with van der Waals surface area (Å²) in [6, 6.07) is 7.82. The molecule has 0 aliphatic heterocycles. The van der Waals surface area contributed by atoms with E-state index in [0.717, 1.165) is 17.7 Å². The van der Waals surface area contributed by atoms with Crippen LogP contribution in [0.5, 0.6) is 5.75 Å². The molecule has 0 aliphatic carbocycles. The normalized spacial score (nSPS) is 16.1. The molecule has 3 N–H and O–H groups in total. The van der Waals surface area contributed by atoms with Gasteiger partial charge in [0.25, 0.3) is 0 Å². The number of nitrogens with two attached hydrogens (primary N) is 1. The van der Waals surface area contributed by atoms with Crippen molar-refractivity contribution in [1.29, 1.82) is 0 Å². The fourth-order valence-electron chi connectivity index (χ4n) is 2.17. The van der Waals surface area contributed by atoms with E-state index in [-0.39, 0.29) is 11.6 Å². The molecule has 1 rings (SSSR count). The van der Waals surface area contributed by atoms with Crippen LogP contribution in [0.25, 0.3) is 0 Å². The summed E-state index contributed by atoms with van der Waals surface area (Å²) in [5, 5.41) is 0. The lowest BCUT2D eigenvalue weighted by Gasteiger charge is -2.36. The number of hydrazine groups is 1. The summed E-state index contributed by atoms with van der Waals surface area (Å²) in [5.74, 6) is 6.54. The molecule has 2 unspecified atom stereocenters. The Morgan fingerprint density at radius 3 is 2.61 bits per heavy atom. The minimum absolute atomic E-state index is 0.0717. The fourth-order valence-corrected chi connectivity index (χ4v) is 2.17. The van der Waals surface area contributed by atoms with Crippen LogP contribution in [0.3, 0.4) is 0 Å². The molecule has 1 aromatic rings. The highest BCUT2D eigenvalue weighted by molar-refractivity contribution is 5.32. The first kappa shape index (κ1) is 15.0. The van der Waals surface area contributed by atoms with Crippen LogP contribution in [0, 0.1) is 0 Å².